The SMILES string of the molecule is CC[C@H]1CN(S(=O)(=O)c2ccc(OC)cc2)CC[C@H]1CC(=O)N1CCC(C(N)=O)CC1. The molecule has 31 heavy (non-hydrogen) atoms. The summed E-state index contributed by atoms with van der Waals surface area (Å²) < 4.78 is 32.8. The number of nitrogens with zero attached hydrogens (tertiary/aromatic N) is 2. The molecule has 2 heterocycles. The lowest BCUT2D eigenvalue weighted by Crippen LogP contribution is -2.46. The summed E-state index contributed by atoms with van der Waals surface area (Å²) in [7, 11) is -2.03. The monoisotopic (exact) mass is 451 g/mol. The summed E-state index contributed by atoms with van der Waals surface area (Å²) >= 11 is 0. The fraction of sp³-hybridized carbons (Fsp3) is 0.636. The normalized spacial score (nSPS) is 23.5. The van der Waals surface area contributed by atoms with Crippen LogP contribution in [0.15, 0.2) is 29.2 Å². The lowest BCUT2D eigenvalue weighted by atomic mass is 9.82. The molecule has 2 aliphatic rings. The zero-order valence-electron chi connectivity index (χ0n) is 18.3. The molecular weight excluding hydrogens is 418 g/mol. The molecule has 1 aromatic rings. The molecule has 0 saturated carbocycles. The molecule has 0 aromatic heterocycles. The number of carbonyl (C=O) groups is 2. The molecule has 2 saturated heterocycles. The molecule has 0 bridgehead atoms. The van der Waals surface area contributed by atoms with Crippen LogP contribution in [0.2, 0.25) is 0 Å². The number of methoxy groups -OCH3 is 1. The van der Waals surface area contributed by atoms with Gasteiger partial charge in [-0.2, -0.15) is 4.31 Å². The number of nitrogens with two attached hydrogens (primary N) is 1. The van der Waals surface area contributed by atoms with Crippen molar-refractivity contribution >= 4 is 21.8 Å². The van der Waals surface area contributed by atoms with E-state index in [1.54, 1.807) is 35.7 Å². The third-order valence-corrected chi connectivity index (χ3v) is 8.64. The van der Waals surface area contributed by atoms with E-state index in [0.29, 0.717) is 57.6 Å². The van der Waals surface area contributed by atoms with Crippen molar-refractivity contribution in [1.29, 1.82) is 0 Å². The van der Waals surface area contributed by atoms with Gasteiger partial charge in [-0.15, -0.1) is 0 Å². The van der Waals surface area contributed by atoms with Gasteiger partial charge in [0.2, 0.25) is 21.8 Å². The molecule has 2 amide bonds. The van der Waals surface area contributed by atoms with Crippen molar-refractivity contribution < 1.29 is 22.7 Å². The fourth-order valence-corrected chi connectivity index (χ4v) is 6.17. The Morgan fingerprint density at radius 2 is 1.71 bits per heavy atom. The average Bonchev–Trinajstić information content (AvgIpc) is 2.79. The number of hydrogen-bond donors (Lipinski definition) is 1. The molecule has 172 valence electrons. The van der Waals surface area contributed by atoms with E-state index in [4.69, 9.17) is 10.5 Å². The number of ether oxygens (including phenoxy) is 1. The standard InChI is InChI=1S/C22H33N3O5S/c1-3-16-15-25(31(28,29)20-6-4-19(30-2)5-7-20)13-10-18(16)14-21(26)24-11-8-17(9-12-24)22(23)27/h4-7,16-18H,3,8-15H2,1-2H3,(H2,23,27)/t16-,18-/m0/s1. The van der Waals surface area contributed by atoms with Crippen LogP contribution in [-0.4, -0.2) is 62.7 Å². The molecule has 1 aromatic carbocycles. The summed E-state index contributed by atoms with van der Waals surface area (Å²) in [4.78, 5) is 26.3. The van der Waals surface area contributed by atoms with Crippen LogP contribution in [0.1, 0.15) is 39.0 Å². The van der Waals surface area contributed by atoms with E-state index in [2.05, 4.69) is 0 Å². The first-order chi connectivity index (χ1) is 14.8. The van der Waals surface area contributed by atoms with Gasteiger partial charge in [0.05, 0.1) is 12.0 Å². The maximum absolute atomic E-state index is 13.1. The Bertz CT molecular complexity index is 879. The molecule has 8 nitrogen and oxygen atoms in total. The number of piperidine rings is 2. The zero-order chi connectivity index (χ0) is 22.6. The Hall–Kier alpha value is -2.13. The maximum atomic E-state index is 13.1. The van der Waals surface area contributed by atoms with Gasteiger partial charge in [-0.05, 0) is 55.4 Å². The lowest BCUT2D eigenvalue weighted by molar-refractivity contribution is -0.136. The number of rotatable bonds is 7. The average molecular weight is 452 g/mol. The Labute approximate surface area is 184 Å². The third-order valence-electron chi connectivity index (χ3n) is 6.76. The number of sulfonamides is 1. The molecule has 2 N–H and O–H groups in total. The molecule has 2 atom stereocenters. The summed E-state index contributed by atoms with van der Waals surface area (Å²) in [5.41, 5.74) is 5.38. The van der Waals surface area contributed by atoms with Crippen LogP contribution in [0.3, 0.4) is 0 Å². The molecular formula is C22H33N3O5S. The first-order valence-corrected chi connectivity index (χ1v) is 12.4. The highest BCUT2D eigenvalue weighted by Crippen LogP contribution is 2.33. The minimum absolute atomic E-state index is 0.0952. The van der Waals surface area contributed by atoms with Gasteiger partial charge in [0.1, 0.15) is 5.75 Å². The van der Waals surface area contributed by atoms with Gasteiger partial charge in [0.25, 0.3) is 0 Å². The second kappa shape index (κ2) is 9.99. The van der Waals surface area contributed by atoms with E-state index in [0.717, 1.165) is 6.42 Å². The zero-order valence-corrected chi connectivity index (χ0v) is 19.1. The second-order valence-electron chi connectivity index (χ2n) is 8.52. The first kappa shape index (κ1) is 23.5. The molecule has 9 heteroatoms. The minimum atomic E-state index is -3.58. The molecule has 3 rings (SSSR count). The van der Waals surface area contributed by atoms with E-state index in [1.807, 2.05) is 11.8 Å². The molecule has 0 unspecified atom stereocenters. The highest BCUT2D eigenvalue weighted by Gasteiger charge is 2.36. The van der Waals surface area contributed by atoms with Crippen molar-refractivity contribution in [2.24, 2.45) is 23.5 Å². The molecule has 2 aliphatic heterocycles. The van der Waals surface area contributed by atoms with Crippen LogP contribution >= 0.6 is 0 Å². The topological polar surface area (TPSA) is 110 Å². The van der Waals surface area contributed by atoms with Gasteiger partial charge in [-0.25, -0.2) is 8.42 Å². The van der Waals surface area contributed by atoms with E-state index in [1.165, 1.54) is 0 Å². The van der Waals surface area contributed by atoms with Crippen molar-refractivity contribution in [3.8, 4) is 5.75 Å². The summed E-state index contributed by atoms with van der Waals surface area (Å²) in [6.07, 6.45) is 3.15. The third kappa shape index (κ3) is 5.38. The van der Waals surface area contributed by atoms with Crippen LogP contribution in [0.4, 0.5) is 0 Å². The van der Waals surface area contributed by atoms with Crippen molar-refractivity contribution in [1.82, 2.24) is 9.21 Å². The Kier molecular flexibility index (Phi) is 7.59. The number of primary amides is 1. The molecule has 0 aliphatic carbocycles. The summed E-state index contributed by atoms with van der Waals surface area (Å²) in [5, 5.41) is 0. The highest BCUT2D eigenvalue weighted by atomic mass is 32.2. The summed E-state index contributed by atoms with van der Waals surface area (Å²) in [6.45, 7) is 4.00. The second-order valence-corrected chi connectivity index (χ2v) is 10.5. The smallest absolute Gasteiger partial charge is 0.243 e. The van der Waals surface area contributed by atoms with Gasteiger partial charge >= 0.3 is 0 Å². The van der Waals surface area contributed by atoms with Crippen LogP contribution in [0.5, 0.6) is 5.75 Å². The number of amides is 2. The van der Waals surface area contributed by atoms with Crippen LogP contribution in [0, 0.1) is 17.8 Å². The van der Waals surface area contributed by atoms with Crippen LogP contribution in [-0.2, 0) is 19.6 Å². The van der Waals surface area contributed by atoms with Crippen molar-refractivity contribution in [3.05, 3.63) is 24.3 Å². The quantitative estimate of drug-likeness (QED) is 0.680. The van der Waals surface area contributed by atoms with Gasteiger partial charge < -0.3 is 15.4 Å². The predicted octanol–water partition coefficient (Wildman–Crippen LogP) is 1.85. The summed E-state index contributed by atoms with van der Waals surface area (Å²) in [6, 6.07) is 6.44. The first-order valence-electron chi connectivity index (χ1n) is 11.0. The van der Waals surface area contributed by atoms with Gasteiger partial charge in [0.15, 0.2) is 0 Å². The maximum Gasteiger partial charge on any atom is 0.243 e. The molecule has 0 radical (unpaired) electrons. The highest BCUT2D eigenvalue weighted by molar-refractivity contribution is 7.89. The van der Waals surface area contributed by atoms with Gasteiger partial charge in [-0.1, -0.05) is 13.3 Å². The van der Waals surface area contributed by atoms with Crippen molar-refractivity contribution in [2.45, 2.75) is 43.9 Å². The van der Waals surface area contributed by atoms with Crippen molar-refractivity contribution in [3.63, 3.8) is 0 Å². The van der Waals surface area contributed by atoms with E-state index in [9.17, 15) is 18.0 Å². The van der Waals surface area contributed by atoms with Crippen molar-refractivity contribution in [2.75, 3.05) is 33.3 Å². The van der Waals surface area contributed by atoms with Gasteiger partial charge in [0, 0.05) is 38.5 Å². The van der Waals surface area contributed by atoms with Gasteiger partial charge in [-0.3, -0.25) is 9.59 Å². The van der Waals surface area contributed by atoms with Crippen LogP contribution in [0.25, 0.3) is 0 Å². The Morgan fingerprint density at radius 1 is 1.06 bits per heavy atom. The Balaban J connectivity index is 1.60. The van der Waals surface area contributed by atoms with E-state index < -0.39 is 10.0 Å². The minimum Gasteiger partial charge on any atom is -0.497 e. The molecule has 0 spiro atoms. The largest absolute Gasteiger partial charge is 0.497 e. The number of likely N-dealkylation sites (tertiary alicyclic amines) is 1. The van der Waals surface area contributed by atoms with E-state index in [-0.39, 0.29) is 34.5 Å². The predicted molar refractivity (Wildman–Crippen MR) is 117 cm³/mol. The number of carbonyl (C=O) groups excluding carboxylic acids is 2. The summed E-state index contributed by atoms with van der Waals surface area (Å²) in [5.74, 6) is 0.574. The molecule has 2 fully saturated rings. The number of benzene rings is 1. The fourth-order valence-electron chi connectivity index (χ4n) is 4.66. The van der Waals surface area contributed by atoms with E-state index >= 15 is 0 Å². The lowest BCUT2D eigenvalue weighted by Gasteiger charge is -2.38. The Morgan fingerprint density at radius 3 is 2.26 bits per heavy atom. The number of hydrogen-bond acceptors (Lipinski definition) is 5. The van der Waals surface area contributed by atoms with Crippen LogP contribution < -0.4 is 10.5 Å².